The summed E-state index contributed by atoms with van der Waals surface area (Å²) in [5.74, 6) is 1.95. The fourth-order valence-corrected chi connectivity index (χ4v) is 3.20. The first kappa shape index (κ1) is 18.7. The monoisotopic (exact) mass is 386 g/mol. The molecule has 0 atom stereocenters. The second kappa shape index (κ2) is 7.75. The van der Waals surface area contributed by atoms with Crippen molar-refractivity contribution >= 4 is 16.9 Å². The Hall–Kier alpha value is -3.67. The molecule has 0 radical (unpaired) electrons. The summed E-state index contributed by atoms with van der Waals surface area (Å²) in [5.41, 5.74) is 4.69. The molecule has 6 nitrogen and oxygen atoms in total. The van der Waals surface area contributed by atoms with E-state index < -0.39 is 0 Å². The Kier molecular flexibility index (Phi) is 4.99. The van der Waals surface area contributed by atoms with Gasteiger partial charge < -0.3 is 14.6 Å². The predicted octanol–water partition coefficient (Wildman–Crippen LogP) is 4.02. The van der Waals surface area contributed by atoms with Crippen LogP contribution in [0.15, 0.2) is 60.8 Å². The minimum Gasteiger partial charge on any atom is -0.457 e. The van der Waals surface area contributed by atoms with E-state index in [1.54, 1.807) is 25.4 Å². The van der Waals surface area contributed by atoms with Gasteiger partial charge in [0.05, 0.1) is 11.0 Å². The van der Waals surface area contributed by atoms with Gasteiger partial charge in [0.1, 0.15) is 23.0 Å². The van der Waals surface area contributed by atoms with Gasteiger partial charge in [-0.2, -0.15) is 0 Å². The molecular weight excluding hydrogens is 364 g/mol. The maximum Gasteiger partial charge on any atom is 0.269 e. The molecule has 0 saturated carbocycles. The van der Waals surface area contributed by atoms with Gasteiger partial charge in [0.2, 0.25) is 0 Å². The second-order valence-corrected chi connectivity index (χ2v) is 6.96. The molecule has 1 amide bonds. The lowest BCUT2D eigenvalue weighted by molar-refractivity contribution is 0.0958. The Bertz CT molecular complexity index is 1180. The lowest BCUT2D eigenvalue weighted by atomic mass is 10.1. The Balaban J connectivity index is 1.59. The minimum atomic E-state index is -0.253. The SMILES string of the molecule is CNC(=O)c1cc(Oc2ccc3c(c2)nc(Cc2ccc(C)cc2)n3C)ccn1. The van der Waals surface area contributed by atoms with Crippen LogP contribution in [0.1, 0.15) is 27.4 Å². The molecule has 1 N–H and O–H groups in total. The van der Waals surface area contributed by atoms with Crippen molar-refractivity contribution in [2.24, 2.45) is 7.05 Å². The van der Waals surface area contributed by atoms with Gasteiger partial charge in [-0.05, 0) is 30.7 Å². The molecule has 0 bridgehead atoms. The van der Waals surface area contributed by atoms with Gasteiger partial charge >= 0.3 is 0 Å². The average Bonchev–Trinajstić information content (AvgIpc) is 3.04. The number of aryl methyl sites for hydroxylation is 2. The molecule has 0 fully saturated rings. The summed E-state index contributed by atoms with van der Waals surface area (Å²) in [6, 6.07) is 17.7. The average molecular weight is 386 g/mol. The number of hydrogen-bond acceptors (Lipinski definition) is 4. The number of pyridine rings is 1. The lowest BCUT2D eigenvalue weighted by Gasteiger charge is -2.07. The molecule has 4 aromatic rings. The van der Waals surface area contributed by atoms with Crippen LogP contribution in [0, 0.1) is 6.92 Å². The number of aromatic nitrogens is 3. The standard InChI is InChI=1S/C23H22N4O2/c1-15-4-6-16(7-5-15)12-22-26-19-13-17(8-9-21(19)27(22)3)29-18-10-11-25-20(14-18)23(28)24-2/h4-11,13-14H,12H2,1-3H3,(H,24,28). The Morgan fingerprint density at radius 3 is 2.59 bits per heavy atom. The molecule has 0 aliphatic carbocycles. The summed E-state index contributed by atoms with van der Waals surface area (Å²) >= 11 is 0. The number of nitrogens with one attached hydrogen (secondary N) is 1. The molecule has 4 rings (SSSR count). The van der Waals surface area contributed by atoms with Crippen LogP contribution in [0.25, 0.3) is 11.0 Å². The summed E-state index contributed by atoms with van der Waals surface area (Å²) in [5, 5.41) is 2.56. The van der Waals surface area contributed by atoms with Gasteiger partial charge in [0, 0.05) is 38.8 Å². The number of carbonyl (C=O) groups is 1. The maximum atomic E-state index is 11.8. The summed E-state index contributed by atoms with van der Waals surface area (Å²) in [4.78, 5) is 20.6. The Morgan fingerprint density at radius 1 is 1.07 bits per heavy atom. The summed E-state index contributed by atoms with van der Waals surface area (Å²) < 4.78 is 8.04. The highest BCUT2D eigenvalue weighted by Gasteiger charge is 2.11. The highest BCUT2D eigenvalue weighted by atomic mass is 16.5. The highest BCUT2D eigenvalue weighted by molar-refractivity contribution is 5.92. The number of hydrogen-bond donors (Lipinski definition) is 1. The normalized spacial score (nSPS) is 10.9. The van der Waals surface area contributed by atoms with Crippen LogP contribution < -0.4 is 10.1 Å². The van der Waals surface area contributed by atoms with Gasteiger partial charge in [0.15, 0.2) is 0 Å². The van der Waals surface area contributed by atoms with E-state index in [1.165, 1.54) is 11.1 Å². The first-order valence-electron chi connectivity index (χ1n) is 9.40. The lowest BCUT2D eigenvalue weighted by Crippen LogP contribution is -2.18. The molecule has 0 unspecified atom stereocenters. The van der Waals surface area contributed by atoms with Crippen LogP contribution in [-0.2, 0) is 13.5 Å². The van der Waals surface area contributed by atoms with Crippen LogP contribution in [0.2, 0.25) is 0 Å². The topological polar surface area (TPSA) is 69.0 Å². The van der Waals surface area contributed by atoms with Crippen LogP contribution >= 0.6 is 0 Å². The van der Waals surface area contributed by atoms with E-state index >= 15 is 0 Å². The van der Waals surface area contributed by atoms with Crippen molar-refractivity contribution in [2.75, 3.05) is 7.05 Å². The summed E-state index contributed by atoms with van der Waals surface area (Å²) in [6.45, 7) is 2.08. The van der Waals surface area contributed by atoms with Crippen LogP contribution in [-0.4, -0.2) is 27.5 Å². The van der Waals surface area contributed by atoms with Gasteiger partial charge in [-0.15, -0.1) is 0 Å². The van der Waals surface area contributed by atoms with Crippen LogP contribution in [0.5, 0.6) is 11.5 Å². The van der Waals surface area contributed by atoms with E-state index in [2.05, 4.69) is 46.1 Å². The number of amides is 1. The Labute approximate surface area is 169 Å². The molecule has 0 saturated heterocycles. The molecule has 2 heterocycles. The Morgan fingerprint density at radius 2 is 1.83 bits per heavy atom. The van der Waals surface area contributed by atoms with Crippen molar-refractivity contribution in [2.45, 2.75) is 13.3 Å². The van der Waals surface area contributed by atoms with Crippen molar-refractivity contribution in [3.05, 3.63) is 83.4 Å². The van der Waals surface area contributed by atoms with E-state index in [0.717, 1.165) is 23.3 Å². The quantitative estimate of drug-likeness (QED) is 0.562. The largest absolute Gasteiger partial charge is 0.457 e. The van der Waals surface area contributed by atoms with Crippen molar-refractivity contribution in [3.63, 3.8) is 0 Å². The number of nitrogens with zero attached hydrogens (tertiary/aromatic N) is 3. The third-order valence-electron chi connectivity index (χ3n) is 4.85. The number of fused-ring (bicyclic) bond motifs is 1. The molecule has 0 aliphatic heterocycles. The summed E-state index contributed by atoms with van der Waals surface area (Å²) in [7, 11) is 3.60. The molecule has 0 spiro atoms. The van der Waals surface area contributed by atoms with E-state index in [-0.39, 0.29) is 5.91 Å². The smallest absolute Gasteiger partial charge is 0.269 e. The number of carbonyl (C=O) groups excluding carboxylic acids is 1. The van der Waals surface area contributed by atoms with Crippen LogP contribution in [0.4, 0.5) is 0 Å². The van der Waals surface area contributed by atoms with Gasteiger partial charge in [-0.25, -0.2) is 4.98 Å². The van der Waals surface area contributed by atoms with Gasteiger partial charge in [-0.1, -0.05) is 29.8 Å². The number of imidazole rings is 1. The van der Waals surface area contributed by atoms with Gasteiger partial charge in [-0.3, -0.25) is 9.78 Å². The number of rotatable bonds is 5. The third kappa shape index (κ3) is 3.96. The minimum absolute atomic E-state index is 0.253. The zero-order valence-electron chi connectivity index (χ0n) is 16.6. The zero-order chi connectivity index (χ0) is 20.4. The van der Waals surface area contributed by atoms with E-state index in [4.69, 9.17) is 9.72 Å². The molecule has 0 aliphatic rings. The highest BCUT2D eigenvalue weighted by Crippen LogP contribution is 2.26. The number of benzene rings is 2. The van der Waals surface area contributed by atoms with E-state index in [0.29, 0.717) is 17.2 Å². The maximum absolute atomic E-state index is 11.8. The van der Waals surface area contributed by atoms with Gasteiger partial charge in [0.25, 0.3) is 5.91 Å². The van der Waals surface area contributed by atoms with Crippen molar-refractivity contribution in [1.29, 1.82) is 0 Å². The zero-order valence-corrected chi connectivity index (χ0v) is 16.6. The van der Waals surface area contributed by atoms with Crippen molar-refractivity contribution in [1.82, 2.24) is 19.9 Å². The molecule has 6 heteroatoms. The molecule has 146 valence electrons. The molecule has 29 heavy (non-hydrogen) atoms. The molecule has 2 aromatic heterocycles. The first-order chi connectivity index (χ1) is 14.0. The van der Waals surface area contributed by atoms with E-state index in [1.807, 2.05) is 25.2 Å². The predicted molar refractivity (Wildman–Crippen MR) is 112 cm³/mol. The molecule has 2 aromatic carbocycles. The fourth-order valence-electron chi connectivity index (χ4n) is 3.20. The fraction of sp³-hybridized carbons (Fsp3) is 0.174. The first-order valence-corrected chi connectivity index (χ1v) is 9.40. The second-order valence-electron chi connectivity index (χ2n) is 6.96. The van der Waals surface area contributed by atoms with Crippen LogP contribution in [0.3, 0.4) is 0 Å². The van der Waals surface area contributed by atoms with Crippen molar-refractivity contribution < 1.29 is 9.53 Å². The molecular formula is C23H22N4O2. The number of ether oxygens (including phenoxy) is 1. The third-order valence-corrected chi connectivity index (χ3v) is 4.85. The van der Waals surface area contributed by atoms with Crippen molar-refractivity contribution in [3.8, 4) is 11.5 Å². The van der Waals surface area contributed by atoms with E-state index in [9.17, 15) is 4.79 Å². The summed E-state index contributed by atoms with van der Waals surface area (Å²) in [6.07, 6.45) is 2.32.